The Morgan fingerprint density at radius 2 is 1.94 bits per heavy atom. The number of nitrogens with one attached hydrogen (secondary N) is 1. The lowest BCUT2D eigenvalue weighted by Gasteiger charge is -2.18. The molecule has 18 heavy (non-hydrogen) atoms. The van der Waals surface area contributed by atoms with E-state index in [0.717, 1.165) is 10.9 Å². The lowest BCUT2D eigenvalue weighted by molar-refractivity contribution is 0.550. The number of benzene rings is 2. The van der Waals surface area contributed by atoms with E-state index in [1.165, 1.54) is 16.7 Å². The quantitative estimate of drug-likeness (QED) is 0.670. The molecule has 3 N–H and O–H groups in total. The Labute approximate surface area is 116 Å². The molecular formula is C15H17BrN2. The molecule has 2 nitrogen and oxygen atoms in total. The molecule has 3 heteroatoms. The maximum Gasteiger partial charge on any atom is 0.0511 e. The Bertz CT molecular complexity index is 525. The number of rotatable bonds is 4. The number of halogens is 1. The maximum atomic E-state index is 5.69. The molecule has 0 aromatic heterocycles. The summed E-state index contributed by atoms with van der Waals surface area (Å²) in [6, 6.07) is 16.8. The van der Waals surface area contributed by atoms with Crippen LogP contribution in [0.5, 0.6) is 0 Å². The summed E-state index contributed by atoms with van der Waals surface area (Å²) >= 11 is 3.57. The van der Waals surface area contributed by atoms with Gasteiger partial charge in [0, 0.05) is 4.47 Å². The normalized spacial score (nSPS) is 12.4. The first-order chi connectivity index (χ1) is 8.70. The zero-order chi connectivity index (χ0) is 13.0. The zero-order valence-electron chi connectivity index (χ0n) is 10.4. The third kappa shape index (κ3) is 3.19. The van der Waals surface area contributed by atoms with Crippen LogP contribution >= 0.6 is 15.9 Å². The van der Waals surface area contributed by atoms with Crippen LogP contribution in [0.2, 0.25) is 0 Å². The van der Waals surface area contributed by atoms with Crippen molar-refractivity contribution in [2.24, 2.45) is 5.84 Å². The fourth-order valence-corrected chi connectivity index (χ4v) is 2.65. The Morgan fingerprint density at radius 1 is 1.17 bits per heavy atom. The minimum Gasteiger partial charge on any atom is -0.271 e. The van der Waals surface area contributed by atoms with E-state index in [1.54, 1.807) is 0 Å². The lowest BCUT2D eigenvalue weighted by atomic mass is 9.98. The number of aryl methyl sites for hydroxylation is 1. The van der Waals surface area contributed by atoms with Gasteiger partial charge in [0.05, 0.1) is 6.04 Å². The molecular weight excluding hydrogens is 288 g/mol. The van der Waals surface area contributed by atoms with Gasteiger partial charge in [0.25, 0.3) is 0 Å². The van der Waals surface area contributed by atoms with E-state index in [9.17, 15) is 0 Å². The molecule has 1 unspecified atom stereocenters. The van der Waals surface area contributed by atoms with Crippen molar-refractivity contribution in [1.29, 1.82) is 0 Å². The van der Waals surface area contributed by atoms with Gasteiger partial charge in [-0.3, -0.25) is 11.3 Å². The van der Waals surface area contributed by atoms with Crippen LogP contribution in [0.25, 0.3) is 0 Å². The molecule has 0 aliphatic heterocycles. The highest BCUT2D eigenvalue weighted by Crippen LogP contribution is 2.25. The third-order valence-electron chi connectivity index (χ3n) is 3.00. The van der Waals surface area contributed by atoms with Crippen molar-refractivity contribution in [3.05, 3.63) is 69.7 Å². The molecule has 0 heterocycles. The van der Waals surface area contributed by atoms with Gasteiger partial charge < -0.3 is 0 Å². The fraction of sp³-hybridized carbons (Fsp3) is 0.200. The van der Waals surface area contributed by atoms with Gasteiger partial charge in [0.2, 0.25) is 0 Å². The monoisotopic (exact) mass is 304 g/mol. The second-order valence-corrected chi connectivity index (χ2v) is 5.29. The van der Waals surface area contributed by atoms with Crippen LogP contribution in [0, 0.1) is 6.92 Å². The molecule has 94 valence electrons. The molecule has 0 bridgehead atoms. The van der Waals surface area contributed by atoms with Gasteiger partial charge in [-0.25, -0.2) is 0 Å². The van der Waals surface area contributed by atoms with E-state index >= 15 is 0 Å². The van der Waals surface area contributed by atoms with E-state index in [0.29, 0.717) is 0 Å². The molecule has 0 amide bonds. The highest BCUT2D eigenvalue weighted by Gasteiger charge is 2.13. The second-order valence-electron chi connectivity index (χ2n) is 4.43. The first kappa shape index (κ1) is 13.3. The van der Waals surface area contributed by atoms with Crippen molar-refractivity contribution in [3.63, 3.8) is 0 Å². The predicted molar refractivity (Wildman–Crippen MR) is 79.1 cm³/mol. The van der Waals surface area contributed by atoms with Crippen molar-refractivity contribution >= 4 is 15.9 Å². The molecule has 2 aromatic rings. The Morgan fingerprint density at radius 3 is 2.61 bits per heavy atom. The first-order valence-corrected chi connectivity index (χ1v) is 6.76. The molecule has 1 atom stereocenters. The summed E-state index contributed by atoms with van der Waals surface area (Å²) in [6.45, 7) is 2.10. The van der Waals surface area contributed by atoms with E-state index in [4.69, 9.17) is 5.84 Å². The highest BCUT2D eigenvalue weighted by molar-refractivity contribution is 9.10. The number of hydrazine groups is 1. The largest absolute Gasteiger partial charge is 0.271 e. The van der Waals surface area contributed by atoms with Crippen LogP contribution in [0.3, 0.4) is 0 Å². The summed E-state index contributed by atoms with van der Waals surface area (Å²) in [5.74, 6) is 5.69. The average Bonchev–Trinajstić information content (AvgIpc) is 2.37. The Kier molecular flexibility index (Phi) is 4.53. The molecule has 2 rings (SSSR count). The molecule has 0 fully saturated rings. The summed E-state index contributed by atoms with van der Waals surface area (Å²) in [6.07, 6.45) is 0.876. The topological polar surface area (TPSA) is 38.0 Å². The average molecular weight is 305 g/mol. The van der Waals surface area contributed by atoms with Gasteiger partial charge in [-0.05, 0) is 30.5 Å². The van der Waals surface area contributed by atoms with E-state index in [2.05, 4.69) is 58.6 Å². The number of nitrogens with two attached hydrogens (primary N) is 1. The van der Waals surface area contributed by atoms with Crippen LogP contribution < -0.4 is 11.3 Å². The van der Waals surface area contributed by atoms with Gasteiger partial charge >= 0.3 is 0 Å². The van der Waals surface area contributed by atoms with Crippen molar-refractivity contribution in [1.82, 2.24) is 5.43 Å². The minimum absolute atomic E-state index is 0.113. The number of hydrogen-bond acceptors (Lipinski definition) is 2. The first-order valence-electron chi connectivity index (χ1n) is 5.97. The standard InChI is InChI=1S/C15H17BrN2/c1-11-5-4-6-12(9-11)10-15(18-17)13-7-2-3-8-14(13)16/h2-9,15,18H,10,17H2,1H3. The maximum absolute atomic E-state index is 5.69. The minimum atomic E-state index is 0.113. The van der Waals surface area contributed by atoms with Crippen molar-refractivity contribution in [2.75, 3.05) is 0 Å². The fourth-order valence-electron chi connectivity index (χ4n) is 2.09. The summed E-state index contributed by atoms with van der Waals surface area (Å²) < 4.78 is 1.08. The van der Waals surface area contributed by atoms with E-state index in [1.807, 2.05) is 18.2 Å². The van der Waals surface area contributed by atoms with Gasteiger partial charge in [-0.15, -0.1) is 0 Å². The highest BCUT2D eigenvalue weighted by atomic mass is 79.9. The molecule has 0 spiro atoms. The molecule has 0 aliphatic carbocycles. The summed E-state index contributed by atoms with van der Waals surface area (Å²) in [5.41, 5.74) is 6.64. The molecule has 0 radical (unpaired) electrons. The van der Waals surface area contributed by atoms with E-state index < -0.39 is 0 Å². The molecule has 2 aromatic carbocycles. The van der Waals surface area contributed by atoms with Crippen LogP contribution in [0.1, 0.15) is 22.7 Å². The summed E-state index contributed by atoms with van der Waals surface area (Å²) in [5, 5.41) is 0. The Balaban J connectivity index is 2.23. The van der Waals surface area contributed by atoms with Crippen LogP contribution in [0.4, 0.5) is 0 Å². The van der Waals surface area contributed by atoms with Crippen molar-refractivity contribution in [2.45, 2.75) is 19.4 Å². The predicted octanol–water partition coefficient (Wildman–Crippen LogP) is 3.50. The van der Waals surface area contributed by atoms with Gasteiger partial charge in [0.15, 0.2) is 0 Å². The van der Waals surface area contributed by atoms with Crippen LogP contribution in [-0.4, -0.2) is 0 Å². The zero-order valence-corrected chi connectivity index (χ0v) is 11.9. The van der Waals surface area contributed by atoms with Crippen molar-refractivity contribution < 1.29 is 0 Å². The smallest absolute Gasteiger partial charge is 0.0511 e. The van der Waals surface area contributed by atoms with Crippen LogP contribution in [-0.2, 0) is 6.42 Å². The Hall–Kier alpha value is -1.16. The van der Waals surface area contributed by atoms with Gasteiger partial charge in [-0.2, -0.15) is 0 Å². The van der Waals surface area contributed by atoms with Crippen LogP contribution in [0.15, 0.2) is 53.0 Å². The van der Waals surface area contributed by atoms with Gasteiger partial charge in [-0.1, -0.05) is 64.0 Å². The summed E-state index contributed by atoms with van der Waals surface area (Å²) in [7, 11) is 0. The lowest BCUT2D eigenvalue weighted by Crippen LogP contribution is -2.29. The van der Waals surface area contributed by atoms with Crippen molar-refractivity contribution in [3.8, 4) is 0 Å². The molecule has 0 aliphatic rings. The number of hydrogen-bond donors (Lipinski definition) is 2. The third-order valence-corrected chi connectivity index (χ3v) is 3.73. The van der Waals surface area contributed by atoms with Gasteiger partial charge in [0.1, 0.15) is 0 Å². The molecule has 0 saturated carbocycles. The van der Waals surface area contributed by atoms with E-state index in [-0.39, 0.29) is 6.04 Å². The SMILES string of the molecule is Cc1cccc(CC(NN)c2ccccc2Br)c1. The molecule has 0 saturated heterocycles. The summed E-state index contributed by atoms with van der Waals surface area (Å²) in [4.78, 5) is 0. The second kappa shape index (κ2) is 6.14.